The Morgan fingerprint density at radius 2 is 1.67 bits per heavy atom. The van der Waals surface area contributed by atoms with E-state index in [9.17, 15) is 10.2 Å². The molecule has 0 spiro atoms. The Morgan fingerprint density at radius 1 is 1.07 bits per heavy atom. The monoisotopic (exact) mass is 204 g/mol. The van der Waals surface area contributed by atoms with E-state index in [1.165, 1.54) is 0 Å². The third-order valence-corrected chi connectivity index (χ3v) is 2.49. The van der Waals surface area contributed by atoms with Gasteiger partial charge >= 0.3 is 0 Å². The largest absolute Gasteiger partial charge is 0.504 e. The summed E-state index contributed by atoms with van der Waals surface area (Å²) in [7, 11) is 0. The fraction of sp³-hybridized carbons (Fsp3) is 0.250. The summed E-state index contributed by atoms with van der Waals surface area (Å²) in [6.45, 7) is 4.18. The van der Waals surface area contributed by atoms with Crippen LogP contribution in [0.4, 0.5) is 0 Å². The molecular formula is C12H14NO2+. The molecule has 0 saturated carbocycles. The van der Waals surface area contributed by atoms with E-state index in [0.717, 1.165) is 10.8 Å². The van der Waals surface area contributed by atoms with Gasteiger partial charge in [0.15, 0.2) is 29.9 Å². The van der Waals surface area contributed by atoms with Crippen molar-refractivity contribution in [3.8, 4) is 11.5 Å². The van der Waals surface area contributed by atoms with Crippen molar-refractivity contribution in [3.63, 3.8) is 0 Å². The van der Waals surface area contributed by atoms with Gasteiger partial charge in [0.05, 0.1) is 0 Å². The first-order valence-corrected chi connectivity index (χ1v) is 4.94. The molecule has 2 N–H and O–H groups in total. The van der Waals surface area contributed by atoms with E-state index >= 15 is 0 Å². The first kappa shape index (κ1) is 9.77. The zero-order valence-corrected chi connectivity index (χ0v) is 8.81. The van der Waals surface area contributed by atoms with Gasteiger partial charge in [-0.3, -0.25) is 0 Å². The minimum Gasteiger partial charge on any atom is -0.504 e. The van der Waals surface area contributed by atoms with Crippen LogP contribution in [0.2, 0.25) is 0 Å². The Labute approximate surface area is 88.2 Å². The van der Waals surface area contributed by atoms with Crippen molar-refractivity contribution in [2.24, 2.45) is 0 Å². The Morgan fingerprint density at radius 3 is 2.27 bits per heavy atom. The molecule has 3 nitrogen and oxygen atoms in total. The van der Waals surface area contributed by atoms with Crippen molar-refractivity contribution < 1.29 is 14.8 Å². The van der Waals surface area contributed by atoms with E-state index in [0.29, 0.717) is 6.04 Å². The van der Waals surface area contributed by atoms with Gasteiger partial charge in [-0.25, -0.2) is 4.57 Å². The number of hydrogen-bond acceptors (Lipinski definition) is 2. The van der Waals surface area contributed by atoms with Crippen LogP contribution in [0.1, 0.15) is 19.9 Å². The van der Waals surface area contributed by atoms with E-state index < -0.39 is 0 Å². The fourth-order valence-corrected chi connectivity index (χ4v) is 1.56. The molecule has 0 bridgehead atoms. The lowest BCUT2D eigenvalue weighted by Gasteiger charge is -2.03. The number of fused-ring (bicyclic) bond motifs is 1. The molecule has 15 heavy (non-hydrogen) atoms. The molecule has 1 heterocycles. The summed E-state index contributed by atoms with van der Waals surface area (Å²) in [6, 6.07) is 5.44. The van der Waals surface area contributed by atoms with Gasteiger partial charge < -0.3 is 10.2 Å². The molecule has 2 aromatic rings. The standard InChI is InChI=1S/C12H13NO2/c1-8(2)13-4-3-9-5-11(14)12(15)6-10(9)7-13/h3-8,15H,1-2H3/p+1. The van der Waals surface area contributed by atoms with Gasteiger partial charge in [0, 0.05) is 11.5 Å². The average molecular weight is 204 g/mol. The van der Waals surface area contributed by atoms with Crippen LogP contribution in [-0.2, 0) is 0 Å². The maximum absolute atomic E-state index is 9.39. The maximum atomic E-state index is 9.39. The van der Waals surface area contributed by atoms with Crippen LogP contribution >= 0.6 is 0 Å². The van der Waals surface area contributed by atoms with Crippen LogP contribution in [0, 0.1) is 0 Å². The SMILES string of the molecule is CC(C)[n+]1ccc2cc(O)c(O)cc2c1. The first-order chi connectivity index (χ1) is 7.08. The predicted octanol–water partition coefficient (Wildman–Crippen LogP) is 2.12. The smallest absolute Gasteiger partial charge is 0.177 e. The van der Waals surface area contributed by atoms with Gasteiger partial charge in [-0.1, -0.05) is 0 Å². The van der Waals surface area contributed by atoms with Gasteiger partial charge in [0.25, 0.3) is 0 Å². The summed E-state index contributed by atoms with van der Waals surface area (Å²) in [6.07, 6.45) is 3.92. The summed E-state index contributed by atoms with van der Waals surface area (Å²) < 4.78 is 2.05. The highest BCUT2D eigenvalue weighted by Gasteiger charge is 2.09. The minimum atomic E-state index is -0.0796. The minimum absolute atomic E-state index is 0.0789. The Hall–Kier alpha value is -1.77. The van der Waals surface area contributed by atoms with Crippen LogP contribution in [0.3, 0.4) is 0 Å². The highest BCUT2D eigenvalue weighted by molar-refractivity contribution is 5.84. The third-order valence-electron chi connectivity index (χ3n) is 2.49. The van der Waals surface area contributed by atoms with Gasteiger partial charge in [-0.2, -0.15) is 0 Å². The number of phenolic OH excluding ortho intramolecular Hbond substituents is 2. The molecule has 0 unspecified atom stereocenters. The molecule has 1 aromatic carbocycles. The molecule has 0 saturated heterocycles. The van der Waals surface area contributed by atoms with Crippen molar-refractivity contribution in [3.05, 3.63) is 30.6 Å². The molecular weight excluding hydrogens is 190 g/mol. The molecule has 0 atom stereocenters. The van der Waals surface area contributed by atoms with Crippen LogP contribution in [-0.4, -0.2) is 10.2 Å². The van der Waals surface area contributed by atoms with Crippen molar-refractivity contribution in [2.75, 3.05) is 0 Å². The van der Waals surface area contributed by atoms with Gasteiger partial charge in [-0.15, -0.1) is 0 Å². The van der Waals surface area contributed by atoms with Gasteiger partial charge in [-0.05, 0) is 31.4 Å². The van der Waals surface area contributed by atoms with Crippen LogP contribution in [0.15, 0.2) is 30.6 Å². The molecule has 2 rings (SSSR count). The number of benzene rings is 1. The van der Waals surface area contributed by atoms with E-state index in [1.807, 2.05) is 18.5 Å². The number of nitrogens with zero attached hydrogens (tertiary/aromatic N) is 1. The highest BCUT2D eigenvalue weighted by Crippen LogP contribution is 2.29. The van der Waals surface area contributed by atoms with Crippen LogP contribution in [0.5, 0.6) is 11.5 Å². The Balaban J connectivity index is 2.66. The van der Waals surface area contributed by atoms with Gasteiger partial charge in [0.1, 0.15) is 0 Å². The van der Waals surface area contributed by atoms with Gasteiger partial charge in [0.2, 0.25) is 0 Å². The van der Waals surface area contributed by atoms with E-state index in [1.54, 1.807) is 12.1 Å². The second kappa shape index (κ2) is 3.42. The maximum Gasteiger partial charge on any atom is 0.177 e. The van der Waals surface area contributed by atoms with Crippen molar-refractivity contribution in [2.45, 2.75) is 19.9 Å². The van der Waals surface area contributed by atoms with Crippen LogP contribution < -0.4 is 4.57 Å². The number of aromatic hydroxyl groups is 2. The predicted molar refractivity (Wildman–Crippen MR) is 57.9 cm³/mol. The summed E-state index contributed by atoms with van der Waals surface area (Å²) >= 11 is 0. The second-order valence-corrected chi connectivity index (χ2v) is 3.96. The summed E-state index contributed by atoms with van der Waals surface area (Å²) in [5.41, 5.74) is 0. The number of pyridine rings is 1. The third kappa shape index (κ3) is 1.73. The number of rotatable bonds is 1. The Kier molecular flexibility index (Phi) is 2.23. The normalized spacial score (nSPS) is 11.1. The van der Waals surface area contributed by atoms with Crippen LogP contribution in [0.25, 0.3) is 10.8 Å². The molecule has 78 valence electrons. The lowest BCUT2D eigenvalue weighted by molar-refractivity contribution is -0.715. The highest BCUT2D eigenvalue weighted by atomic mass is 16.3. The molecule has 1 aromatic heterocycles. The second-order valence-electron chi connectivity index (χ2n) is 3.96. The molecule has 0 radical (unpaired) electrons. The van der Waals surface area contributed by atoms with E-state index in [-0.39, 0.29) is 11.5 Å². The fourth-order valence-electron chi connectivity index (χ4n) is 1.56. The summed E-state index contributed by atoms with van der Waals surface area (Å²) in [4.78, 5) is 0. The Bertz CT molecular complexity index is 506. The lowest BCUT2D eigenvalue weighted by Crippen LogP contribution is -2.34. The van der Waals surface area contributed by atoms with Crippen molar-refractivity contribution in [1.29, 1.82) is 0 Å². The molecule has 0 fully saturated rings. The van der Waals surface area contributed by atoms with E-state index in [2.05, 4.69) is 18.4 Å². The molecule has 0 aliphatic rings. The number of aromatic nitrogens is 1. The van der Waals surface area contributed by atoms with Crippen molar-refractivity contribution >= 4 is 10.8 Å². The molecule has 0 amide bonds. The van der Waals surface area contributed by atoms with Crippen molar-refractivity contribution in [1.82, 2.24) is 0 Å². The van der Waals surface area contributed by atoms with E-state index in [4.69, 9.17) is 0 Å². The summed E-state index contributed by atoms with van der Waals surface area (Å²) in [5, 5.41) is 20.6. The molecule has 3 heteroatoms. The topological polar surface area (TPSA) is 44.3 Å². The number of phenols is 2. The average Bonchev–Trinajstić information content (AvgIpc) is 2.19. The zero-order valence-electron chi connectivity index (χ0n) is 8.81. The lowest BCUT2D eigenvalue weighted by atomic mass is 10.1. The zero-order chi connectivity index (χ0) is 11.0. The number of hydrogen-bond donors (Lipinski definition) is 2. The first-order valence-electron chi connectivity index (χ1n) is 4.94. The molecule has 0 aliphatic carbocycles. The summed E-state index contributed by atoms with van der Waals surface area (Å²) in [5.74, 6) is -0.159. The quantitative estimate of drug-likeness (QED) is 0.552. The molecule has 0 aliphatic heterocycles.